The van der Waals surface area contributed by atoms with Gasteiger partial charge in [-0.25, -0.2) is 0 Å². The summed E-state index contributed by atoms with van der Waals surface area (Å²) in [6, 6.07) is 13.4. The minimum Gasteiger partial charge on any atom is -0.494 e. The topological polar surface area (TPSA) is 76.8 Å². The lowest BCUT2D eigenvalue weighted by molar-refractivity contribution is -0.119. The molecule has 6 nitrogen and oxygen atoms in total. The molecule has 0 radical (unpaired) electrons. The predicted octanol–water partition coefficient (Wildman–Crippen LogP) is 3.04. The Balaban J connectivity index is 0.00000280. The third kappa shape index (κ3) is 5.70. The van der Waals surface area contributed by atoms with Crippen molar-refractivity contribution in [2.24, 2.45) is 0 Å². The van der Waals surface area contributed by atoms with Crippen LogP contribution in [-0.4, -0.2) is 38.8 Å². The highest BCUT2D eigenvalue weighted by Gasteiger charge is 2.20. The van der Waals surface area contributed by atoms with E-state index in [-0.39, 0.29) is 18.3 Å². The van der Waals surface area contributed by atoms with Crippen LogP contribution in [-0.2, 0) is 11.2 Å². The molecular formula is C21H28ClN3O3. The number of benzene rings is 2. The van der Waals surface area contributed by atoms with Gasteiger partial charge >= 0.3 is 0 Å². The van der Waals surface area contributed by atoms with Gasteiger partial charge < -0.3 is 25.4 Å². The van der Waals surface area contributed by atoms with Crippen LogP contribution in [0.2, 0.25) is 0 Å². The summed E-state index contributed by atoms with van der Waals surface area (Å²) < 4.78 is 11.0. The van der Waals surface area contributed by atoms with Gasteiger partial charge in [-0.05, 0) is 61.7 Å². The average molecular weight is 406 g/mol. The zero-order chi connectivity index (χ0) is 19.1. The predicted molar refractivity (Wildman–Crippen MR) is 115 cm³/mol. The first-order valence-electron chi connectivity index (χ1n) is 9.42. The molecule has 2 aromatic rings. The summed E-state index contributed by atoms with van der Waals surface area (Å²) in [6.07, 6.45) is 1.98. The monoisotopic (exact) mass is 405 g/mol. The Morgan fingerprint density at radius 2 is 1.86 bits per heavy atom. The third-order valence-corrected chi connectivity index (χ3v) is 4.55. The Morgan fingerprint density at radius 3 is 2.57 bits per heavy atom. The van der Waals surface area contributed by atoms with Gasteiger partial charge in [0.2, 0.25) is 5.91 Å². The molecule has 3 N–H and O–H groups in total. The highest BCUT2D eigenvalue weighted by molar-refractivity contribution is 5.85. The second kappa shape index (κ2) is 10.7. The number of halogens is 1. The molecule has 152 valence electrons. The van der Waals surface area contributed by atoms with Crippen molar-refractivity contribution in [3.8, 4) is 11.5 Å². The lowest BCUT2D eigenvalue weighted by atomic mass is 10.00. The minimum atomic E-state index is -0.0134. The van der Waals surface area contributed by atoms with E-state index in [0.717, 1.165) is 47.8 Å². The Bertz CT molecular complexity index is 768. The Labute approximate surface area is 172 Å². The number of anilines is 2. The van der Waals surface area contributed by atoms with Crippen molar-refractivity contribution in [1.29, 1.82) is 0 Å². The molecule has 0 aliphatic carbocycles. The van der Waals surface area contributed by atoms with Crippen molar-refractivity contribution in [2.75, 3.05) is 43.5 Å². The number of amides is 1. The Morgan fingerprint density at radius 1 is 1.14 bits per heavy atom. The lowest BCUT2D eigenvalue weighted by Crippen LogP contribution is -2.41. The number of nitrogen functional groups attached to an aromatic ring is 1. The summed E-state index contributed by atoms with van der Waals surface area (Å²) in [5, 5.41) is 2.92. The SMILES string of the molecule is CCOc1ccc(OCCNC(=O)CN2CCCc3c(N)cccc32)cc1.Cl. The van der Waals surface area contributed by atoms with E-state index in [0.29, 0.717) is 26.3 Å². The number of nitrogens with zero attached hydrogens (tertiary/aromatic N) is 1. The van der Waals surface area contributed by atoms with Gasteiger partial charge in [-0.15, -0.1) is 12.4 Å². The molecule has 1 aliphatic rings. The summed E-state index contributed by atoms with van der Waals surface area (Å²) in [6.45, 7) is 4.67. The minimum absolute atomic E-state index is 0. The van der Waals surface area contributed by atoms with Gasteiger partial charge in [-0.1, -0.05) is 6.07 Å². The lowest BCUT2D eigenvalue weighted by Gasteiger charge is -2.31. The molecule has 0 aromatic heterocycles. The van der Waals surface area contributed by atoms with E-state index in [4.69, 9.17) is 15.2 Å². The number of nitrogens with two attached hydrogens (primary N) is 1. The van der Waals surface area contributed by atoms with Crippen LogP contribution in [0, 0.1) is 0 Å². The second-order valence-electron chi connectivity index (χ2n) is 6.47. The van der Waals surface area contributed by atoms with Crippen LogP contribution in [0.4, 0.5) is 11.4 Å². The summed E-state index contributed by atoms with van der Waals surface area (Å²) >= 11 is 0. The number of nitrogens with one attached hydrogen (secondary N) is 1. The van der Waals surface area contributed by atoms with Gasteiger partial charge in [-0.2, -0.15) is 0 Å². The zero-order valence-electron chi connectivity index (χ0n) is 16.1. The Hall–Kier alpha value is -2.60. The fraction of sp³-hybridized carbons (Fsp3) is 0.381. The Kier molecular flexibility index (Phi) is 8.26. The summed E-state index contributed by atoms with van der Waals surface area (Å²) in [7, 11) is 0. The molecule has 0 atom stereocenters. The zero-order valence-corrected chi connectivity index (χ0v) is 17.0. The highest BCUT2D eigenvalue weighted by Crippen LogP contribution is 2.30. The number of fused-ring (bicyclic) bond motifs is 1. The molecule has 2 aromatic carbocycles. The van der Waals surface area contributed by atoms with Crippen molar-refractivity contribution >= 4 is 29.7 Å². The van der Waals surface area contributed by atoms with Crippen molar-refractivity contribution in [1.82, 2.24) is 5.32 Å². The normalized spacial score (nSPS) is 12.5. The number of rotatable bonds is 8. The molecule has 0 bridgehead atoms. The van der Waals surface area contributed by atoms with Gasteiger partial charge in [0.1, 0.15) is 18.1 Å². The largest absolute Gasteiger partial charge is 0.494 e. The molecule has 0 saturated heterocycles. The van der Waals surface area contributed by atoms with Gasteiger partial charge in [0.05, 0.1) is 19.7 Å². The first kappa shape index (κ1) is 21.7. The van der Waals surface area contributed by atoms with Gasteiger partial charge in [0, 0.05) is 17.9 Å². The smallest absolute Gasteiger partial charge is 0.239 e. The van der Waals surface area contributed by atoms with Crippen molar-refractivity contribution in [3.63, 3.8) is 0 Å². The molecule has 3 rings (SSSR count). The van der Waals surface area contributed by atoms with Crippen molar-refractivity contribution in [2.45, 2.75) is 19.8 Å². The van der Waals surface area contributed by atoms with Crippen LogP contribution in [0.1, 0.15) is 18.9 Å². The molecule has 7 heteroatoms. The molecule has 0 unspecified atom stereocenters. The van der Waals surface area contributed by atoms with E-state index in [2.05, 4.69) is 10.2 Å². The van der Waals surface area contributed by atoms with Crippen LogP contribution >= 0.6 is 12.4 Å². The summed E-state index contributed by atoms with van der Waals surface area (Å²) in [5.41, 5.74) is 9.09. The van der Waals surface area contributed by atoms with Crippen LogP contribution in [0.15, 0.2) is 42.5 Å². The van der Waals surface area contributed by atoms with Gasteiger partial charge in [0.25, 0.3) is 0 Å². The van der Waals surface area contributed by atoms with Crippen LogP contribution < -0.4 is 25.4 Å². The van der Waals surface area contributed by atoms with Crippen molar-refractivity contribution < 1.29 is 14.3 Å². The molecule has 1 aliphatic heterocycles. The fourth-order valence-electron chi connectivity index (χ4n) is 3.28. The van der Waals surface area contributed by atoms with Crippen LogP contribution in [0.25, 0.3) is 0 Å². The van der Waals surface area contributed by atoms with E-state index in [1.54, 1.807) is 0 Å². The molecule has 0 saturated carbocycles. The first-order valence-corrected chi connectivity index (χ1v) is 9.42. The molecule has 1 heterocycles. The number of hydrogen-bond donors (Lipinski definition) is 2. The third-order valence-electron chi connectivity index (χ3n) is 4.55. The number of hydrogen-bond acceptors (Lipinski definition) is 5. The van der Waals surface area contributed by atoms with E-state index in [1.807, 2.05) is 49.4 Å². The van der Waals surface area contributed by atoms with Gasteiger partial charge in [-0.3, -0.25) is 4.79 Å². The van der Waals surface area contributed by atoms with E-state index in [9.17, 15) is 4.79 Å². The molecule has 0 fully saturated rings. The molecule has 0 spiro atoms. The standard InChI is InChI=1S/C21H27N3O3.ClH/c1-2-26-16-8-10-17(11-9-16)27-14-12-23-21(25)15-24-13-4-5-18-19(22)6-3-7-20(18)24;/h3,6-11H,2,4-5,12-15,22H2,1H3,(H,23,25);1H. The van der Waals surface area contributed by atoms with E-state index in [1.165, 1.54) is 0 Å². The molecule has 28 heavy (non-hydrogen) atoms. The molecular weight excluding hydrogens is 378 g/mol. The van der Waals surface area contributed by atoms with Gasteiger partial charge in [0.15, 0.2) is 0 Å². The number of ether oxygens (including phenoxy) is 2. The first-order chi connectivity index (χ1) is 13.2. The maximum atomic E-state index is 12.3. The number of carbonyl (C=O) groups excluding carboxylic acids is 1. The number of carbonyl (C=O) groups is 1. The van der Waals surface area contributed by atoms with E-state index < -0.39 is 0 Å². The maximum absolute atomic E-state index is 12.3. The van der Waals surface area contributed by atoms with E-state index >= 15 is 0 Å². The second-order valence-corrected chi connectivity index (χ2v) is 6.47. The van der Waals surface area contributed by atoms with Crippen molar-refractivity contribution in [3.05, 3.63) is 48.0 Å². The average Bonchev–Trinajstić information content (AvgIpc) is 2.68. The fourth-order valence-corrected chi connectivity index (χ4v) is 3.28. The maximum Gasteiger partial charge on any atom is 0.239 e. The van der Waals surface area contributed by atoms with Crippen LogP contribution in [0.5, 0.6) is 11.5 Å². The quantitative estimate of drug-likeness (QED) is 0.521. The van der Waals surface area contributed by atoms with Crippen LogP contribution in [0.3, 0.4) is 0 Å². The highest BCUT2D eigenvalue weighted by atomic mass is 35.5. The summed E-state index contributed by atoms with van der Waals surface area (Å²) in [4.78, 5) is 14.4. The summed E-state index contributed by atoms with van der Waals surface area (Å²) in [5.74, 6) is 1.56. The molecule has 1 amide bonds.